The SMILES string of the molecule is Cc1ccccc1CN1C(=O)/C(=C\c2ccc(C(=O)NC(C)CCc3ccccc3)cc2)SC2CCCCC21. The van der Waals surface area contributed by atoms with E-state index in [0.29, 0.717) is 23.4 Å². The van der Waals surface area contributed by atoms with Crippen molar-refractivity contribution >= 4 is 29.7 Å². The molecule has 39 heavy (non-hydrogen) atoms. The van der Waals surface area contributed by atoms with E-state index in [4.69, 9.17) is 0 Å². The standard InChI is InChI=1S/C34H38N2O2S/c1-24-10-6-7-13-29(24)23-36-30-14-8-9-15-31(30)39-32(34(36)38)22-27-18-20-28(21-19-27)33(37)35-25(2)16-17-26-11-4-3-5-12-26/h3-7,10-13,18-22,25,30-31H,8-9,14-17,23H2,1-2H3,(H,35,37)/b32-22+. The molecule has 3 atom stereocenters. The maximum Gasteiger partial charge on any atom is 0.260 e. The molecule has 1 saturated heterocycles. The van der Waals surface area contributed by atoms with Crippen LogP contribution in [-0.2, 0) is 17.8 Å². The average molecular weight is 539 g/mol. The molecule has 1 heterocycles. The first kappa shape index (κ1) is 27.3. The van der Waals surface area contributed by atoms with Crippen LogP contribution in [0.4, 0.5) is 0 Å². The first-order chi connectivity index (χ1) is 19.0. The molecule has 0 radical (unpaired) electrons. The van der Waals surface area contributed by atoms with Crippen molar-refractivity contribution in [3.05, 3.63) is 112 Å². The highest BCUT2D eigenvalue weighted by molar-refractivity contribution is 8.04. The van der Waals surface area contributed by atoms with Gasteiger partial charge in [0.15, 0.2) is 0 Å². The van der Waals surface area contributed by atoms with Gasteiger partial charge in [-0.1, -0.05) is 79.6 Å². The Balaban J connectivity index is 1.25. The van der Waals surface area contributed by atoms with Crippen LogP contribution in [-0.4, -0.2) is 34.0 Å². The molecule has 1 N–H and O–H groups in total. The number of carbonyl (C=O) groups excluding carboxylic acids is 2. The zero-order valence-corrected chi connectivity index (χ0v) is 23.8. The van der Waals surface area contributed by atoms with Crippen LogP contribution in [0.5, 0.6) is 0 Å². The molecule has 1 saturated carbocycles. The van der Waals surface area contributed by atoms with Gasteiger partial charge in [0.2, 0.25) is 0 Å². The van der Waals surface area contributed by atoms with Gasteiger partial charge in [-0.05, 0) is 80.0 Å². The number of amides is 2. The Bertz CT molecular complexity index is 1320. The van der Waals surface area contributed by atoms with Gasteiger partial charge in [0.1, 0.15) is 0 Å². The lowest BCUT2D eigenvalue weighted by Gasteiger charge is -2.44. The van der Waals surface area contributed by atoms with Gasteiger partial charge in [0, 0.05) is 29.4 Å². The second-order valence-corrected chi connectivity index (χ2v) is 12.2. The van der Waals surface area contributed by atoms with E-state index in [-0.39, 0.29) is 17.9 Å². The van der Waals surface area contributed by atoms with Crippen LogP contribution < -0.4 is 5.32 Å². The lowest BCUT2D eigenvalue weighted by atomic mass is 9.92. The molecule has 0 aromatic heterocycles. The normalized spacial score (nSPS) is 20.9. The predicted molar refractivity (Wildman–Crippen MR) is 161 cm³/mol. The first-order valence-electron chi connectivity index (χ1n) is 14.2. The van der Waals surface area contributed by atoms with E-state index < -0.39 is 0 Å². The van der Waals surface area contributed by atoms with Gasteiger partial charge < -0.3 is 10.2 Å². The Hall–Kier alpha value is -3.31. The topological polar surface area (TPSA) is 49.4 Å². The number of aryl methyl sites for hydroxylation is 2. The number of nitrogens with one attached hydrogen (secondary N) is 1. The van der Waals surface area contributed by atoms with Crippen LogP contribution in [0.1, 0.15) is 71.6 Å². The number of thioether (sulfide) groups is 1. The van der Waals surface area contributed by atoms with Crippen LogP contribution in [0.15, 0.2) is 83.8 Å². The summed E-state index contributed by atoms with van der Waals surface area (Å²) in [5, 5.41) is 3.56. The van der Waals surface area contributed by atoms with E-state index >= 15 is 0 Å². The number of fused-ring (bicyclic) bond motifs is 1. The summed E-state index contributed by atoms with van der Waals surface area (Å²) in [4.78, 5) is 29.5. The highest BCUT2D eigenvalue weighted by atomic mass is 32.2. The molecule has 0 spiro atoms. The van der Waals surface area contributed by atoms with Crippen molar-refractivity contribution in [2.24, 2.45) is 0 Å². The summed E-state index contributed by atoms with van der Waals surface area (Å²) in [5.41, 5.74) is 5.31. The predicted octanol–water partition coefficient (Wildman–Crippen LogP) is 7.17. The fraction of sp³-hybridized carbons (Fsp3) is 0.353. The van der Waals surface area contributed by atoms with Crippen molar-refractivity contribution in [3.8, 4) is 0 Å². The zero-order chi connectivity index (χ0) is 27.2. The summed E-state index contributed by atoms with van der Waals surface area (Å²) in [6.07, 6.45) is 8.46. The fourth-order valence-corrected chi connectivity index (χ4v) is 7.09. The van der Waals surface area contributed by atoms with E-state index in [1.807, 2.05) is 55.5 Å². The number of nitrogens with zero attached hydrogens (tertiary/aromatic N) is 1. The van der Waals surface area contributed by atoms with Crippen molar-refractivity contribution < 1.29 is 9.59 Å². The highest BCUT2D eigenvalue weighted by Gasteiger charge is 2.40. The molecule has 202 valence electrons. The summed E-state index contributed by atoms with van der Waals surface area (Å²) < 4.78 is 0. The Morgan fingerprint density at radius 3 is 2.49 bits per heavy atom. The largest absolute Gasteiger partial charge is 0.350 e. The Morgan fingerprint density at radius 1 is 1.00 bits per heavy atom. The smallest absolute Gasteiger partial charge is 0.260 e. The van der Waals surface area contributed by atoms with Crippen LogP contribution in [0, 0.1) is 6.92 Å². The maximum atomic E-state index is 13.7. The quantitative estimate of drug-likeness (QED) is 0.309. The Kier molecular flexibility index (Phi) is 8.88. The molecule has 0 bridgehead atoms. The first-order valence-corrected chi connectivity index (χ1v) is 15.0. The van der Waals surface area contributed by atoms with E-state index in [1.165, 1.54) is 29.5 Å². The van der Waals surface area contributed by atoms with Crippen molar-refractivity contribution in [1.82, 2.24) is 10.2 Å². The average Bonchev–Trinajstić information content (AvgIpc) is 2.96. The number of hydrogen-bond acceptors (Lipinski definition) is 3. The molecule has 5 heteroatoms. The van der Waals surface area contributed by atoms with Crippen LogP contribution in [0.2, 0.25) is 0 Å². The number of rotatable bonds is 8. The van der Waals surface area contributed by atoms with Crippen molar-refractivity contribution in [1.29, 1.82) is 0 Å². The fourth-order valence-electron chi connectivity index (χ4n) is 5.62. The van der Waals surface area contributed by atoms with Gasteiger partial charge in [0.25, 0.3) is 11.8 Å². The lowest BCUT2D eigenvalue weighted by molar-refractivity contribution is -0.130. The molecule has 1 aliphatic heterocycles. The molecule has 1 aliphatic carbocycles. The molecule has 3 aromatic carbocycles. The number of benzene rings is 3. The Morgan fingerprint density at radius 2 is 1.72 bits per heavy atom. The van der Waals surface area contributed by atoms with Crippen molar-refractivity contribution in [2.45, 2.75) is 76.3 Å². The van der Waals surface area contributed by atoms with Crippen LogP contribution in [0.25, 0.3) is 6.08 Å². The van der Waals surface area contributed by atoms with E-state index in [9.17, 15) is 9.59 Å². The molecule has 2 aliphatic rings. The van der Waals surface area contributed by atoms with Crippen LogP contribution in [0.3, 0.4) is 0 Å². The Labute approximate surface area is 236 Å². The van der Waals surface area contributed by atoms with Gasteiger partial charge in [-0.15, -0.1) is 11.8 Å². The summed E-state index contributed by atoms with van der Waals surface area (Å²) >= 11 is 1.75. The molecule has 3 unspecified atom stereocenters. The van der Waals surface area contributed by atoms with Gasteiger partial charge in [-0.2, -0.15) is 0 Å². The van der Waals surface area contributed by atoms with E-state index in [2.05, 4.69) is 53.5 Å². The number of hydrogen-bond donors (Lipinski definition) is 1. The summed E-state index contributed by atoms with van der Waals surface area (Å²) in [6, 6.07) is 26.7. The summed E-state index contributed by atoms with van der Waals surface area (Å²) in [7, 11) is 0. The van der Waals surface area contributed by atoms with E-state index in [1.54, 1.807) is 11.8 Å². The minimum absolute atomic E-state index is 0.0627. The number of carbonyl (C=O) groups is 2. The molecule has 5 rings (SSSR count). The van der Waals surface area contributed by atoms with Gasteiger partial charge >= 0.3 is 0 Å². The molecule has 2 fully saturated rings. The third-order valence-corrected chi connectivity index (χ3v) is 9.38. The molecule has 3 aromatic rings. The zero-order valence-electron chi connectivity index (χ0n) is 22.9. The van der Waals surface area contributed by atoms with Crippen molar-refractivity contribution in [3.63, 3.8) is 0 Å². The second kappa shape index (κ2) is 12.7. The van der Waals surface area contributed by atoms with Gasteiger partial charge in [-0.3, -0.25) is 9.59 Å². The maximum absolute atomic E-state index is 13.7. The van der Waals surface area contributed by atoms with Crippen LogP contribution >= 0.6 is 11.8 Å². The highest BCUT2D eigenvalue weighted by Crippen LogP contribution is 2.42. The van der Waals surface area contributed by atoms with Gasteiger partial charge in [-0.25, -0.2) is 0 Å². The van der Waals surface area contributed by atoms with Crippen molar-refractivity contribution in [2.75, 3.05) is 0 Å². The monoisotopic (exact) mass is 538 g/mol. The summed E-state index contributed by atoms with van der Waals surface area (Å²) in [6.45, 7) is 4.83. The van der Waals surface area contributed by atoms with Gasteiger partial charge in [0.05, 0.1) is 4.91 Å². The summed E-state index contributed by atoms with van der Waals surface area (Å²) in [5.74, 6) is 0.0628. The minimum atomic E-state index is -0.0627. The second-order valence-electron chi connectivity index (χ2n) is 10.9. The third kappa shape index (κ3) is 6.83. The molecule has 4 nitrogen and oxygen atoms in total. The van der Waals surface area contributed by atoms with E-state index in [0.717, 1.165) is 36.2 Å². The molecular weight excluding hydrogens is 500 g/mol. The minimum Gasteiger partial charge on any atom is -0.350 e. The lowest BCUT2D eigenvalue weighted by Crippen LogP contribution is -2.50. The molecule has 2 amide bonds. The third-order valence-electron chi connectivity index (χ3n) is 7.98. The molecular formula is C34H38N2O2S.